The van der Waals surface area contributed by atoms with Crippen LogP contribution in [-0.2, 0) is 11.0 Å². The SMILES string of the molecule is O=C(Nc1ccc(Cl)cc1C(F)(F)F)[C@H](NCC12CC3CC(CC(C3)C1)C2)c1ccccc1. The predicted molar refractivity (Wildman–Crippen MR) is 123 cm³/mol. The van der Waals surface area contributed by atoms with Crippen LogP contribution in [0, 0.1) is 23.2 Å². The van der Waals surface area contributed by atoms with Crippen molar-refractivity contribution in [2.24, 2.45) is 23.2 Å². The number of hydrogen-bond acceptors (Lipinski definition) is 2. The molecule has 0 aromatic heterocycles. The Morgan fingerprint density at radius 2 is 1.61 bits per heavy atom. The van der Waals surface area contributed by atoms with E-state index in [0.29, 0.717) is 6.54 Å². The van der Waals surface area contributed by atoms with Gasteiger partial charge in [0, 0.05) is 11.6 Å². The van der Waals surface area contributed by atoms with Crippen molar-refractivity contribution in [3.63, 3.8) is 0 Å². The molecule has 4 aliphatic rings. The molecule has 176 valence electrons. The maximum absolute atomic E-state index is 13.5. The van der Waals surface area contributed by atoms with E-state index >= 15 is 0 Å². The first kappa shape index (κ1) is 22.7. The first-order chi connectivity index (χ1) is 15.7. The summed E-state index contributed by atoms with van der Waals surface area (Å²) in [7, 11) is 0. The second-order valence-corrected chi connectivity index (χ2v) is 10.8. The van der Waals surface area contributed by atoms with Crippen molar-refractivity contribution >= 4 is 23.2 Å². The van der Waals surface area contributed by atoms with Gasteiger partial charge in [0.25, 0.3) is 0 Å². The molecule has 4 bridgehead atoms. The molecule has 0 heterocycles. The molecule has 2 N–H and O–H groups in total. The van der Waals surface area contributed by atoms with Crippen LogP contribution < -0.4 is 10.6 Å². The van der Waals surface area contributed by atoms with Gasteiger partial charge < -0.3 is 10.6 Å². The van der Waals surface area contributed by atoms with Crippen LogP contribution in [0.4, 0.5) is 18.9 Å². The third-order valence-electron chi connectivity index (χ3n) is 7.79. The average Bonchev–Trinajstić information content (AvgIpc) is 2.74. The standard InChI is InChI=1S/C26H28ClF3N2O/c27-20-6-7-22(21(11-20)26(28,29)30)32-24(33)23(19-4-2-1-3-5-19)31-15-25-12-16-8-17(13-25)10-18(9-16)14-25/h1-7,11,16-18,23,31H,8-10,12-15H2,(H,32,33)/t16?,17?,18?,23-,25?/m1/s1. The number of amides is 1. The number of carbonyl (C=O) groups excluding carboxylic acids is 1. The van der Waals surface area contributed by atoms with Gasteiger partial charge in [-0.25, -0.2) is 0 Å². The zero-order valence-electron chi connectivity index (χ0n) is 18.3. The molecule has 0 spiro atoms. The van der Waals surface area contributed by atoms with Crippen LogP contribution in [0.5, 0.6) is 0 Å². The molecule has 0 saturated heterocycles. The Bertz CT molecular complexity index is 989. The third-order valence-corrected chi connectivity index (χ3v) is 8.02. The summed E-state index contributed by atoms with van der Waals surface area (Å²) in [5, 5.41) is 5.96. The summed E-state index contributed by atoms with van der Waals surface area (Å²) in [5.74, 6) is 1.85. The quantitative estimate of drug-likeness (QED) is 0.479. The van der Waals surface area contributed by atoms with Crippen LogP contribution >= 0.6 is 11.6 Å². The van der Waals surface area contributed by atoms with E-state index in [-0.39, 0.29) is 16.1 Å². The van der Waals surface area contributed by atoms with Crippen molar-refractivity contribution in [3.8, 4) is 0 Å². The summed E-state index contributed by atoms with van der Waals surface area (Å²) in [6, 6.07) is 11.9. The average molecular weight is 477 g/mol. The van der Waals surface area contributed by atoms with E-state index < -0.39 is 23.7 Å². The number of alkyl halides is 3. The molecule has 4 saturated carbocycles. The molecule has 4 fully saturated rings. The van der Waals surface area contributed by atoms with Gasteiger partial charge in [-0.15, -0.1) is 0 Å². The van der Waals surface area contributed by atoms with Crippen LogP contribution in [0.3, 0.4) is 0 Å². The Morgan fingerprint density at radius 1 is 1.00 bits per heavy atom. The third kappa shape index (κ3) is 4.78. The highest BCUT2D eigenvalue weighted by atomic mass is 35.5. The molecule has 7 heteroatoms. The smallest absolute Gasteiger partial charge is 0.324 e. The lowest BCUT2D eigenvalue weighted by atomic mass is 9.49. The van der Waals surface area contributed by atoms with Gasteiger partial charge in [-0.3, -0.25) is 4.79 Å². The Hall–Kier alpha value is -2.05. The maximum Gasteiger partial charge on any atom is 0.418 e. The molecule has 1 amide bonds. The van der Waals surface area contributed by atoms with Crippen molar-refractivity contribution in [3.05, 3.63) is 64.7 Å². The maximum atomic E-state index is 13.5. The number of halogens is 4. The van der Waals surface area contributed by atoms with Crippen LogP contribution in [0.25, 0.3) is 0 Å². The van der Waals surface area contributed by atoms with Crippen LogP contribution in [0.2, 0.25) is 5.02 Å². The highest BCUT2D eigenvalue weighted by molar-refractivity contribution is 6.30. The van der Waals surface area contributed by atoms with E-state index in [1.54, 1.807) is 0 Å². The molecule has 0 aliphatic heterocycles. The molecule has 2 aromatic rings. The molecule has 6 rings (SSSR count). The minimum absolute atomic E-state index is 0.0279. The Labute approximate surface area is 197 Å². The van der Waals surface area contributed by atoms with Crippen LogP contribution in [-0.4, -0.2) is 12.5 Å². The molecule has 1 atom stereocenters. The summed E-state index contributed by atoms with van der Waals surface area (Å²) in [4.78, 5) is 13.3. The van der Waals surface area contributed by atoms with Crippen molar-refractivity contribution in [2.75, 3.05) is 11.9 Å². The topological polar surface area (TPSA) is 41.1 Å². The molecular weight excluding hydrogens is 449 g/mol. The molecule has 33 heavy (non-hydrogen) atoms. The molecule has 3 nitrogen and oxygen atoms in total. The van der Waals surface area contributed by atoms with E-state index in [1.807, 2.05) is 30.3 Å². The van der Waals surface area contributed by atoms with Gasteiger partial charge in [0.05, 0.1) is 11.3 Å². The number of hydrogen-bond donors (Lipinski definition) is 2. The summed E-state index contributed by atoms with van der Waals surface area (Å²) < 4.78 is 40.6. The van der Waals surface area contributed by atoms with Crippen LogP contribution in [0.1, 0.15) is 55.7 Å². The summed E-state index contributed by atoms with van der Waals surface area (Å²) in [6.45, 7) is 0.705. The molecule has 0 radical (unpaired) electrons. The number of benzene rings is 2. The van der Waals surface area contributed by atoms with Gasteiger partial charge in [0.2, 0.25) is 5.91 Å². The van der Waals surface area contributed by atoms with E-state index in [9.17, 15) is 18.0 Å². The zero-order valence-corrected chi connectivity index (χ0v) is 19.1. The molecule has 0 unspecified atom stereocenters. The highest BCUT2D eigenvalue weighted by Crippen LogP contribution is 2.59. The Morgan fingerprint density at radius 3 is 2.18 bits per heavy atom. The number of anilines is 1. The van der Waals surface area contributed by atoms with Gasteiger partial charge in [0.15, 0.2) is 0 Å². The number of nitrogens with one attached hydrogen (secondary N) is 2. The molecule has 2 aromatic carbocycles. The van der Waals surface area contributed by atoms with Crippen molar-refractivity contribution in [1.29, 1.82) is 0 Å². The summed E-state index contributed by atoms with van der Waals surface area (Å²) in [5.41, 5.74) is -0.299. The van der Waals surface area contributed by atoms with E-state index in [0.717, 1.165) is 29.4 Å². The Balaban J connectivity index is 1.37. The van der Waals surface area contributed by atoms with Crippen molar-refractivity contribution in [2.45, 2.75) is 50.7 Å². The summed E-state index contributed by atoms with van der Waals surface area (Å²) in [6.07, 6.45) is 2.93. The van der Waals surface area contributed by atoms with Gasteiger partial charge in [0.1, 0.15) is 6.04 Å². The monoisotopic (exact) mass is 476 g/mol. The van der Waals surface area contributed by atoms with Crippen LogP contribution in [0.15, 0.2) is 48.5 Å². The fourth-order valence-electron chi connectivity index (χ4n) is 6.90. The lowest BCUT2D eigenvalue weighted by molar-refractivity contribution is -0.137. The first-order valence-electron chi connectivity index (χ1n) is 11.7. The van der Waals surface area contributed by atoms with Gasteiger partial charge in [-0.1, -0.05) is 41.9 Å². The predicted octanol–water partition coefficient (Wildman–Crippen LogP) is 6.84. The minimum Gasteiger partial charge on any atom is -0.324 e. The number of rotatable bonds is 6. The second kappa shape index (κ2) is 8.62. The Kier molecular flexibility index (Phi) is 5.94. The van der Waals surface area contributed by atoms with E-state index in [2.05, 4.69) is 10.6 Å². The fourth-order valence-corrected chi connectivity index (χ4v) is 7.07. The second-order valence-electron chi connectivity index (χ2n) is 10.3. The molecular formula is C26H28ClF3N2O. The van der Waals surface area contributed by atoms with Gasteiger partial charge >= 0.3 is 6.18 Å². The lowest BCUT2D eigenvalue weighted by Gasteiger charge is -2.57. The fraction of sp³-hybridized carbons (Fsp3) is 0.500. The minimum atomic E-state index is -4.62. The van der Waals surface area contributed by atoms with Gasteiger partial charge in [-0.2, -0.15) is 13.2 Å². The number of carbonyl (C=O) groups is 1. The van der Waals surface area contributed by atoms with Crippen molar-refractivity contribution in [1.82, 2.24) is 5.32 Å². The largest absolute Gasteiger partial charge is 0.418 e. The van der Waals surface area contributed by atoms with Crippen molar-refractivity contribution < 1.29 is 18.0 Å². The van der Waals surface area contributed by atoms with Gasteiger partial charge in [-0.05, 0) is 85.5 Å². The zero-order chi connectivity index (χ0) is 23.2. The molecule has 4 aliphatic carbocycles. The normalized spacial score (nSPS) is 29.2. The summed E-state index contributed by atoms with van der Waals surface area (Å²) >= 11 is 5.79. The first-order valence-corrected chi connectivity index (χ1v) is 12.0. The highest BCUT2D eigenvalue weighted by Gasteiger charge is 2.50. The van der Waals surface area contributed by atoms with E-state index in [1.165, 1.54) is 50.7 Å². The van der Waals surface area contributed by atoms with E-state index in [4.69, 9.17) is 11.6 Å². The lowest BCUT2D eigenvalue weighted by Crippen LogP contribution is -2.51.